The van der Waals surface area contributed by atoms with Crippen molar-refractivity contribution in [3.8, 4) is 28.5 Å². The van der Waals surface area contributed by atoms with Gasteiger partial charge in [0, 0.05) is 26.9 Å². The molecule has 0 unspecified atom stereocenters. The van der Waals surface area contributed by atoms with Crippen molar-refractivity contribution in [2.45, 2.75) is 25.8 Å². The van der Waals surface area contributed by atoms with Crippen LogP contribution in [0.15, 0.2) is 71.8 Å². The van der Waals surface area contributed by atoms with E-state index in [1.807, 2.05) is 63.2 Å². The molecule has 1 aromatic heterocycles. The summed E-state index contributed by atoms with van der Waals surface area (Å²) in [6.07, 6.45) is 0. The molecule has 0 bridgehead atoms. The number of halogens is 2. The number of anilines is 1. The van der Waals surface area contributed by atoms with Crippen molar-refractivity contribution in [3.63, 3.8) is 0 Å². The summed E-state index contributed by atoms with van der Waals surface area (Å²) >= 11 is 13.4. The van der Waals surface area contributed by atoms with Crippen LogP contribution < -0.4 is 5.32 Å². The molecule has 36 heavy (non-hydrogen) atoms. The molecule has 0 aliphatic carbocycles. The second-order valence-corrected chi connectivity index (χ2v) is 10.3. The highest BCUT2D eigenvalue weighted by atomic mass is 35.5. The van der Waals surface area contributed by atoms with Crippen LogP contribution in [0, 0.1) is 32.1 Å². The van der Waals surface area contributed by atoms with Crippen LogP contribution in [0.5, 0.6) is 0 Å². The predicted molar refractivity (Wildman–Crippen MR) is 150 cm³/mol. The van der Waals surface area contributed by atoms with Gasteiger partial charge in [-0.2, -0.15) is 5.26 Å². The summed E-state index contributed by atoms with van der Waals surface area (Å²) in [6.45, 7) is 5.99. The third-order valence-corrected chi connectivity index (χ3v) is 7.15. The van der Waals surface area contributed by atoms with E-state index in [0.29, 0.717) is 26.3 Å². The number of carbonyl (C=O) groups excluding carboxylic acids is 1. The number of carbonyl (C=O) groups is 1. The van der Waals surface area contributed by atoms with Crippen molar-refractivity contribution < 1.29 is 4.79 Å². The molecule has 4 nitrogen and oxygen atoms in total. The molecule has 1 N–H and O–H groups in total. The van der Waals surface area contributed by atoms with Gasteiger partial charge < -0.3 is 5.32 Å². The van der Waals surface area contributed by atoms with Gasteiger partial charge in [-0.15, -0.1) is 0 Å². The number of nitrogens with zero attached hydrogens (tertiary/aromatic N) is 2. The third kappa shape index (κ3) is 5.91. The van der Waals surface area contributed by atoms with Crippen LogP contribution in [0.25, 0.3) is 22.4 Å². The quantitative estimate of drug-likeness (QED) is 0.254. The zero-order valence-corrected chi connectivity index (χ0v) is 22.4. The molecule has 4 rings (SSSR count). The molecule has 4 aromatic rings. The summed E-state index contributed by atoms with van der Waals surface area (Å²) < 4.78 is 0. The van der Waals surface area contributed by atoms with Gasteiger partial charge in [-0.3, -0.25) is 4.79 Å². The van der Waals surface area contributed by atoms with E-state index in [1.54, 1.807) is 24.3 Å². The van der Waals surface area contributed by atoms with E-state index in [1.165, 1.54) is 11.8 Å². The summed E-state index contributed by atoms with van der Waals surface area (Å²) in [5, 5.41) is 14.8. The van der Waals surface area contributed by atoms with Crippen LogP contribution in [-0.4, -0.2) is 16.6 Å². The number of hydrogen-bond acceptors (Lipinski definition) is 4. The average Bonchev–Trinajstić information content (AvgIpc) is 2.85. The maximum absolute atomic E-state index is 12.9. The van der Waals surface area contributed by atoms with Gasteiger partial charge in [0.15, 0.2) is 0 Å². The Balaban J connectivity index is 1.69. The number of aryl methyl sites for hydroxylation is 3. The van der Waals surface area contributed by atoms with E-state index < -0.39 is 0 Å². The Morgan fingerprint density at radius 2 is 1.47 bits per heavy atom. The molecular formula is C29H23Cl2N3OS. The van der Waals surface area contributed by atoms with Crippen molar-refractivity contribution in [2.75, 3.05) is 11.1 Å². The molecule has 0 atom stereocenters. The second kappa shape index (κ2) is 11.2. The van der Waals surface area contributed by atoms with Gasteiger partial charge in [0.25, 0.3) is 0 Å². The Bertz CT molecular complexity index is 1450. The van der Waals surface area contributed by atoms with E-state index >= 15 is 0 Å². The molecule has 0 aliphatic rings. The fraction of sp³-hybridized carbons (Fsp3) is 0.138. The van der Waals surface area contributed by atoms with Crippen LogP contribution >= 0.6 is 35.0 Å². The van der Waals surface area contributed by atoms with Crippen LogP contribution in [0.2, 0.25) is 10.0 Å². The van der Waals surface area contributed by atoms with Crippen LogP contribution in [0.1, 0.15) is 22.3 Å². The van der Waals surface area contributed by atoms with Gasteiger partial charge in [0.1, 0.15) is 11.1 Å². The average molecular weight is 532 g/mol. The third-order valence-electron chi connectivity index (χ3n) is 5.67. The molecule has 1 heterocycles. The molecule has 0 aliphatic heterocycles. The van der Waals surface area contributed by atoms with E-state index in [4.69, 9.17) is 28.2 Å². The molecule has 0 saturated heterocycles. The van der Waals surface area contributed by atoms with Crippen molar-refractivity contribution in [2.24, 2.45) is 0 Å². The van der Waals surface area contributed by atoms with Crippen molar-refractivity contribution in [3.05, 3.63) is 99.0 Å². The van der Waals surface area contributed by atoms with Crippen LogP contribution in [0.4, 0.5) is 5.69 Å². The van der Waals surface area contributed by atoms with Crippen molar-refractivity contribution in [1.29, 1.82) is 5.26 Å². The molecule has 3 aromatic carbocycles. The smallest absolute Gasteiger partial charge is 0.234 e. The number of benzene rings is 3. The van der Waals surface area contributed by atoms with Gasteiger partial charge in [-0.1, -0.05) is 76.9 Å². The monoisotopic (exact) mass is 531 g/mol. The fourth-order valence-corrected chi connectivity index (χ4v) is 5.10. The first-order valence-electron chi connectivity index (χ1n) is 11.2. The van der Waals surface area contributed by atoms with Gasteiger partial charge in [0.05, 0.1) is 17.0 Å². The van der Waals surface area contributed by atoms with Gasteiger partial charge in [-0.25, -0.2) is 4.98 Å². The standard InChI is InChI=1S/C29H23Cl2N3OS/c1-17-12-18(2)28(19(3)13-17)34-27(35)16-36-29-25(15-32)24(20-4-8-22(30)9-5-20)14-26(33-29)21-6-10-23(31)11-7-21/h4-14H,16H2,1-3H3,(H,34,35). The molecule has 0 spiro atoms. The lowest BCUT2D eigenvalue weighted by atomic mass is 9.99. The number of thioether (sulfide) groups is 1. The molecule has 180 valence electrons. The first-order chi connectivity index (χ1) is 17.2. The molecular weight excluding hydrogens is 509 g/mol. The summed E-state index contributed by atoms with van der Waals surface area (Å²) in [7, 11) is 0. The molecule has 7 heteroatoms. The SMILES string of the molecule is Cc1cc(C)c(NC(=O)CSc2nc(-c3ccc(Cl)cc3)cc(-c3ccc(Cl)cc3)c2C#N)c(C)c1. The van der Waals surface area contributed by atoms with Gasteiger partial charge >= 0.3 is 0 Å². The number of rotatable bonds is 6. The van der Waals surface area contributed by atoms with E-state index in [9.17, 15) is 10.1 Å². The lowest BCUT2D eigenvalue weighted by Gasteiger charge is -2.14. The second-order valence-electron chi connectivity index (χ2n) is 8.47. The Morgan fingerprint density at radius 1 is 0.917 bits per heavy atom. The molecule has 0 radical (unpaired) electrons. The largest absolute Gasteiger partial charge is 0.325 e. The minimum Gasteiger partial charge on any atom is -0.325 e. The van der Waals surface area contributed by atoms with Crippen molar-refractivity contribution >= 4 is 46.6 Å². The Morgan fingerprint density at radius 3 is 2.03 bits per heavy atom. The lowest BCUT2D eigenvalue weighted by molar-refractivity contribution is -0.113. The molecule has 0 fully saturated rings. The van der Waals surface area contributed by atoms with Gasteiger partial charge in [-0.05, 0) is 67.8 Å². The highest BCUT2D eigenvalue weighted by molar-refractivity contribution is 8.00. The lowest BCUT2D eigenvalue weighted by Crippen LogP contribution is -2.16. The zero-order chi connectivity index (χ0) is 25.8. The molecule has 1 amide bonds. The first-order valence-corrected chi connectivity index (χ1v) is 13.0. The Kier molecular flexibility index (Phi) is 8.01. The number of hydrogen-bond donors (Lipinski definition) is 1. The maximum atomic E-state index is 12.9. The van der Waals surface area contributed by atoms with Crippen LogP contribution in [-0.2, 0) is 4.79 Å². The highest BCUT2D eigenvalue weighted by Gasteiger charge is 2.18. The first kappa shape index (κ1) is 25.8. The summed E-state index contributed by atoms with van der Waals surface area (Å²) in [6, 6.07) is 22.9. The number of nitriles is 1. The number of aromatic nitrogens is 1. The Labute approximate surface area is 225 Å². The number of pyridine rings is 1. The zero-order valence-electron chi connectivity index (χ0n) is 20.0. The van der Waals surface area contributed by atoms with E-state index in [0.717, 1.165) is 39.1 Å². The number of nitrogens with one attached hydrogen (secondary N) is 1. The minimum atomic E-state index is -0.161. The van der Waals surface area contributed by atoms with Crippen molar-refractivity contribution in [1.82, 2.24) is 4.98 Å². The van der Waals surface area contributed by atoms with Gasteiger partial charge in [0.2, 0.25) is 5.91 Å². The summed E-state index contributed by atoms with van der Waals surface area (Å²) in [4.78, 5) is 17.7. The normalized spacial score (nSPS) is 10.7. The fourth-order valence-electron chi connectivity index (χ4n) is 4.05. The minimum absolute atomic E-state index is 0.110. The molecule has 0 saturated carbocycles. The van der Waals surface area contributed by atoms with E-state index in [-0.39, 0.29) is 11.7 Å². The topological polar surface area (TPSA) is 65.8 Å². The summed E-state index contributed by atoms with van der Waals surface area (Å²) in [5.74, 6) is -0.0517. The van der Waals surface area contributed by atoms with E-state index in [2.05, 4.69) is 11.4 Å². The predicted octanol–water partition coefficient (Wildman–Crippen LogP) is 8.25. The summed E-state index contributed by atoms with van der Waals surface area (Å²) in [5.41, 5.74) is 7.50. The van der Waals surface area contributed by atoms with Crippen LogP contribution in [0.3, 0.4) is 0 Å². The number of amides is 1. The maximum Gasteiger partial charge on any atom is 0.234 e. The highest BCUT2D eigenvalue weighted by Crippen LogP contribution is 2.35. The Hall–Kier alpha value is -3.30.